The largest absolute Gasteiger partial charge is 0.374 e. The molecule has 0 saturated carbocycles. The Balaban J connectivity index is 2.42. The lowest BCUT2D eigenvalue weighted by atomic mass is 10.9. The second-order valence-electron chi connectivity index (χ2n) is 1.64. The van der Waals surface area contributed by atoms with Crippen molar-refractivity contribution in [2.75, 3.05) is 13.0 Å². The van der Waals surface area contributed by atoms with Crippen LogP contribution in [0, 0.1) is 6.92 Å². The second-order valence-corrected chi connectivity index (χ2v) is 3.99. The van der Waals surface area contributed by atoms with Gasteiger partial charge < -0.3 is 4.74 Å². The van der Waals surface area contributed by atoms with Crippen molar-refractivity contribution in [3.8, 4) is 0 Å². The van der Waals surface area contributed by atoms with Crippen molar-refractivity contribution in [1.29, 1.82) is 0 Å². The van der Waals surface area contributed by atoms with Crippen molar-refractivity contribution in [3.63, 3.8) is 0 Å². The SMILES string of the molecule is COCSc1nnc(C)s1. The molecular weight excluding hydrogens is 168 g/mol. The van der Waals surface area contributed by atoms with E-state index in [-0.39, 0.29) is 0 Å². The lowest BCUT2D eigenvalue weighted by Gasteiger charge is -1.90. The van der Waals surface area contributed by atoms with Crippen LogP contribution in [0.25, 0.3) is 0 Å². The number of aromatic nitrogens is 2. The van der Waals surface area contributed by atoms with Gasteiger partial charge in [0.25, 0.3) is 0 Å². The molecular formula is C5H8N2OS2. The Morgan fingerprint density at radius 2 is 2.40 bits per heavy atom. The van der Waals surface area contributed by atoms with Gasteiger partial charge in [-0.3, -0.25) is 0 Å². The van der Waals surface area contributed by atoms with Crippen LogP contribution in [0.2, 0.25) is 0 Å². The molecule has 0 aliphatic heterocycles. The minimum absolute atomic E-state index is 0.647. The number of ether oxygens (including phenoxy) is 1. The Bertz CT molecular complexity index is 201. The molecule has 0 unspecified atom stereocenters. The van der Waals surface area contributed by atoms with Crippen molar-refractivity contribution >= 4 is 23.1 Å². The molecule has 1 rings (SSSR count). The summed E-state index contributed by atoms with van der Waals surface area (Å²) in [6, 6.07) is 0. The van der Waals surface area contributed by atoms with Crippen molar-refractivity contribution in [1.82, 2.24) is 10.2 Å². The first-order valence-electron chi connectivity index (χ1n) is 2.75. The molecule has 0 spiro atoms. The average molecular weight is 176 g/mol. The van der Waals surface area contributed by atoms with Gasteiger partial charge in [0.15, 0.2) is 4.34 Å². The summed E-state index contributed by atoms with van der Waals surface area (Å²) in [6.07, 6.45) is 0. The van der Waals surface area contributed by atoms with Gasteiger partial charge in [0, 0.05) is 7.11 Å². The van der Waals surface area contributed by atoms with Crippen LogP contribution in [0.1, 0.15) is 5.01 Å². The second kappa shape index (κ2) is 3.90. The number of thioether (sulfide) groups is 1. The molecule has 0 N–H and O–H groups in total. The van der Waals surface area contributed by atoms with Gasteiger partial charge in [-0.1, -0.05) is 23.1 Å². The van der Waals surface area contributed by atoms with Crippen molar-refractivity contribution in [2.45, 2.75) is 11.3 Å². The molecule has 0 aliphatic carbocycles. The van der Waals surface area contributed by atoms with Crippen LogP contribution in [0.4, 0.5) is 0 Å². The summed E-state index contributed by atoms with van der Waals surface area (Å²) in [4.78, 5) is 0. The quantitative estimate of drug-likeness (QED) is 0.517. The predicted molar refractivity (Wildman–Crippen MR) is 42.4 cm³/mol. The topological polar surface area (TPSA) is 35.0 Å². The zero-order valence-electron chi connectivity index (χ0n) is 5.83. The third kappa shape index (κ3) is 2.24. The standard InChI is InChI=1S/C5H8N2OS2/c1-4-6-7-5(10-4)9-3-8-2/h3H2,1-2H3. The summed E-state index contributed by atoms with van der Waals surface area (Å²) in [6.45, 7) is 1.94. The van der Waals surface area contributed by atoms with E-state index in [0.717, 1.165) is 9.35 Å². The van der Waals surface area contributed by atoms with Crippen LogP contribution < -0.4 is 0 Å². The van der Waals surface area contributed by atoms with Crippen molar-refractivity contribution < 1.29 is 4.74 Å². The minimum Gasteiger partial charge on any atom is -0.374 e. The number of hydrogen-bond acceptors (Lipinski definition) is 5. The molecule has 1 aromatic heterocycles. The van der Waals surface area contributed by atoms with Crippen LogP contribution >= 0.6 is 23.1 Å². The van der Waals surface area contributed by atoms with E-state index in [1.807, 2.05) is 6.92 Å². The molecule has 0 fully saturated rings. The predicted octanol–water partition coefficient (Wildman–Crippen LogP) is 1.54. The molecule has 0 bridgehead atoms. The van der Waals surface area contributed by atoms with Gasteiger partial charge in [0.2, 0.25) is 0 Å². The summed E-state index contributed by atoms with van der Waals surface area (Å²) < 4.78 is 5.83. The highest BCUT2D eigenvalue weighted by atomic mass is 32.2. The first-order valence-corrected chi connectivity index (χ1v) is 4.55. The monoisotopic (exact) mass is 176 g/mol. The van der Waals surface area contributed by atoms with E-state index in [1.165, 1.54) is 0 Å². The van der Waals surface area contributed by atoms with Gasteiger partial charge in [0.05, 0.1) is 5.94 Å². The summed E-state index contributed by atoms with van der Waals surface area (Å²) in [5, 5.41) is 8.77. The molecule has 0 atom stereocenters. The van der Waals surface area contributed by atoms with Gasteiger partial charge in [-0.2, -0.15) is 0 Å². The normalized spacial score (nSPS) is 10.2. The molecule has 3 nitrogen and oxygen atoms in total. The van der Waals surface area contributed by atoms with Crippen molar-refractivity contribution in [2.24, 2.45) is 0 Å². The molecule has 0 aromatic carbocycles. The van der Waals surface area contributed by atoms with Crippen LogP contribution in [-0.4, -0.2) is 23.2 Å². The summed E-state index contributed by atoms with van der Waals surface area (Å²) in [5.74, 6) is 0.647. The van der Waals surface area contributed by atoms with Gasteiger partial charge >= 0.3 is 0 Å². The highest BCUT2D eigenvalue weighted by Gasteiger charge is 1.98. The molecule has 0 saturated heterocycles. The summed E-state index contributed by atoms with van der Waals surface area (Å²) in [7, 11) is 1.67. The molecule has 0 radical (unpaired) electrons. The van der Waals surface area contributed by atoms with Gasteiger partial charge in [-0.05, 0) is 6.92 Å². The van der Waals surface area contributed by atoms with E-state index in [4.69, 9.17) is 4.74 Å². The van der Waals surface area contributed by atoms with E-state index < -0.39 is 0 Å². The van der Waals surface area contributed by atoms with Crippen LogP contribution in [-0.2, 0) is 4.74 Å². The van der Waals surface area contributed by atoms with E-state index in [9.17, 15) is 0 Å². The number of hydrogen-bond donors (Lipinski definition) is 0. The zero-order valence-corrected chi connectivity index (χ0v) is 7.46. The van der Waals surface area contributed by atoms with E-state index in [1.54, 1.807) is 30.2 Å². The fourth-order valence-corrected chi connectivity index (χ4v) is 1.92. The first-order chi connectivity index (χ1) is 4.83. The Kier molecular flexibility index (Phi) is 3.11. The Morgan fingerprint density at radius 1 is 1.60 bits per heavy atom. The lowest BCUT2D eigenvalue weighted by Crippen LogP contribution is -1.79. The van der Waals surface area contributed by atoms with Gasteiger partial charge in [-0.15, -0.1) is 10.2 Å². The third-order valence-electron chi connectivity index (χ3n) is 0.808. The molecule has 5 heteroatoms. The molecule has 10 heavy (non-hydrogen) atoms. The molecule has 1 heterocycles. The molecule has 56 valence electrons. The number of rotatable bonds is 3. The lowest BCUT2D eigenvalue weighted by molar-refractivity contribution is 0.259. The zero-order chi connectivity index (χ0) is 7.40. The third-order valence-corrected chi connectivity index (χ3v) is 2.73. The molecule has 1 aromatic rings. The minimum atomic E-state index is 0.647. The van der Waals surface area contributed by atoms with E-state index >= 15 is 0 Å². The van der Waals surface area contributed by atoms with Crippen molar-refractivity contribution in [3.05, 3.63) is 5.01 Å². The van der Waals surface area contributed by atoms with Crippen LogP contribution in [0.5, 0.6) is 0 Å². The number of aryl methyl sites for hydroxylation is 1. The first kappa shape index (κ1) is 7.97. The maximum absolute atomic E-state index is 4.86. The Labute approximate surface area is 67.8 Å². The Morgan fingerprint density at radius 3 is 2.90 bits per heavy atom. The maximum atomic E-state index is 4.86. The Hall–Kier alpha value is -0.130. The van der Waals surface area contributed by atoms with Gasteiger partial charge in [0.1, 0.15) is 5.01 Å². The van der Waals surface area contributed by atoms with Gasteiger partial charge in [-0.25, -0.2) is 0 Å². The summed E-state index contributed by atoms with van der Waals surface area (Å²) >= 11 is 3.15. The number of nitrogens with zero attached hydrogens (tertiary/aromatic N) is 2. The molecule has 0 aliphatic rings. The summed E-state index contributed by atoms with van der Waals surface area (Å²) in [5.41, 5.74) is 0. The average Bonchev–Trinajstić information content (AvgIpc) is 2.31. The highest BCUT2D eigenvalue weighted by molar-refractivity contribution is 8.00. The number of methoxy groups -OCH3 is 1. The van der Waals surface area contributed by atoms with Crippen LogP contribution in [0.15, 0.2) is 4.34 Å². The van der Waals surface area contributed by atoms with Crippen LogP contribution in [0.3, 0.4) is 0 Å². The maximum Gasteiger partial charge on any atom is 0.176 e. The smallest absolute Gasteiger partial charge is 0.176 e. The highest BCUT2D eigenvalue weighted by Crippen LogP contribution is 2.20. The fraction of sp³-hybridized carbons (Fsp3) is 0.600. The van der Waals surface area contributed by atoms with E-state index in [2.05, 4.69) is 10.2 Å². The fourth-order valence-electron chi connectivity index (χ4n) is 0.446. The molecule has 0 amide bonds. The van der Waals surface area contributed by atoms with E-state index in [0.29, 0.717) is 5.94 Å².